The van der Waals surface area contributed by atoms with Gasteiger partial charge in [-0.2, -0.15) is 0 Å². The van der Waals surface area contributed by atoms with E-state index in [0.717, 1.165) is 25.1 Å². The second-order valence-corrected chi connectivity index (χ2v) is 5.75. The highest BCUT2D eigenvalue weighted by molar-refractivity contribution is 9.11. The van der Waals surface area contributed by atoms with Crippen molar-refractivity contribution in [3.8, 4) is 0 Å². The number of imidazole rings is 1. The lowest BCUT2D eigenvalue weighted by atomic mass is 10.3. The number of aliphatic hydroxyl groups is 1. The first-order valence-corrected chi connectivity index (χ1v) is 6.86. The topological polar surface area (TPSA) is 48.9 Å². The molecule has 2 aromatic rings. The van der Waals surface area contributed by atoms with Gasteiger partial charge >= 0.3 is 0 Å². The first-order chi connectivity index (χ1) is 7.20. The van der Waals surface area contributed by atoms with E-state index in [2.05, 4.69) is 41.8 Å². The molecule has 0 atom stereocenters. The van der Waals surface area contributed by atoms with Crippen molar-refractivity contribution in [2.24, 2.45) is 0 Å². The van der Waals surface area contributed by atoms with Crippen LogP contribution in [-0.4, -0.2) is 27.4 Å². The Bertz CT molecular complexity index is 486. The van der Waals surface area contributed by atoms with Gasteiger partial charge in [0, 0.05) is 14.7 Å². The summed E-state index contributed by atoms with van der Waals surface area (Å²) in [5, 5.41) is 9.55. The summed E-state index contributed by atoms with van der Waals surface area (Å²) in [6.07, 6.45) is 0. The number of aromatic nitrogens is 2. The molecule has 0 bridgehead atoms. The Labute approximate surface area is 108 Å². The number of benzene rings is 1. The van der Waals surface area contributed by atoms with Crippen molar-refractivity contribution in [1.29, 1.82) is 0 Å². The number of H-pyrrole nitrogens is 1. The number of fused-ring (bicyclic) bond motifs is 1. The average molecular weight is 352 g/mol. The van der Waals surface area contributed by atoms with Gasteiger partial charge in [-0.1, -0.05) is 27.7 Å². The van der Waals surface area contributed by atoms with E-state index in [1.807, 2.05) is 12.1 Å². The van der Waals surface area contributed by atoms with Crippen LogP contribution in [0.15, 0.2) is 26.2 Å². The van der Waals surface area contributed by atoms with Gasteiger partial charge in [0.2, 0.25) is 0 Å². The minimum atomic E-state index is 0.159. The Kier molecular flexibility index (Phi) is 3.71. The summed E-state index contributed by atoms with van der Waals surface area (Å²) in [7, 11) is 0. The van der Waals surface area contributed by atoms with Crippen molar-refractivity contribution in [3.05, 3.63) is 21.1 Å². The molecule has 0 aliphatic rings. The van der Waals surface area contributed by atoms with Gasteiger partial charge in [-0.15, -0.1) is 0 Å². The Morgan fingerprint density at radius 3 is 2.93 bits per heavy atom. The molecule has 3 nitrogen and oxygen atoms in total. The summed E-state index contributed by atoms with van der Waals surface area (Å²) in [5.74, 6) is 0.651. The fourth-order valence-corrected chi connectivity index (χ4v) is 3.17. The van der Waals surface area contributed by atoms with Crippen LogP contribution in [0.5, 0.6) is 0 Å². The van der Waals surface area contributed by atoms with Crippen molar-refractivity contribution >= 4 is 54.7 Å². The van der Waals surface area contributed by atoms with E-state index in [-0.39, 0.29) is 6.61 Å². The molecule has 2 rings (SSSR count). The van der Waals surface area contributed by atoms with Crippen molar-refractivity contribution in [1.82, 2.24) is 9.97 Å². The standard InChI is InChI=1S/C9H8Br2N2OS/c10-5-3-6(11)8-7(4-5)12-9(13-8)15-2-1-14/h3-4,14H,1-2H2,(H,12,13). The first-order valence-electron chi connectivity index (χ1n) is 4.29. The molecule has 0 saturated heterocycles. The molecule has 15 heavy (non-hydrogen) atoms. The summed E-state index contributed by atoms with van der Waals surface area (Å²) in [5.41, 5.74) is 1.90. The zero-order valence-electron chi connectivity index (χ0n) is 7.63. The fraction of sp³-hybridized carbons (Fsp3) is 0.222. The van der Waals surface area contributed by atoms with Gasteiger partial charge in [0.05, 0.1) is 12.1 Å². The first kappa shape index (κ1) is 11.4. The summed E-state index contributed by atoms with van der Waals surface area (Å²) < 4.78 is 1.96. The molecular weight excluding hydrogens is 344 g/mol. The lowest BCUT2D eigenvalue weighted by molar-refractivity contribution is 0.322. The largest absolute Gasteiger partial charge is 0.396 e. The normalized spacial score (nSPS) is 11.1. The van der Waals surface area contributed by atoms with Gasteiger partial charge in [0.25, 0.3) is 0 Å². The second-order valence-electron chi connectivity index (χ2n) is 2.90. The molecule has 0 aliphatic heterocycles. The van der Waals surface area contributed by atoms with Crippen LogP contribution in [0, 0.1) is 0 Å². The molecule has 1 heterocycles. The van der Waals surface area contributed by atoms with Crippen molar-refractivity contribution < 1.29 is 5.11 Å². The van der Waals surface area contributed by atoms with Gasteiger partial charge < -0.3 is 10.1 Å². The number of rotatable bonds is 3. The summed E-state index contributed by atoms with van der Waals surface area (Å²) in [6, 6.07) is 3.94. The van der Waals surface area contributed by atoms with E-state index in [9.17, 15) is 0 Å². The predicted octanol–water partition coefficient (Wildman–Crippen LogP) is 3.17. The van der Waals surface area contributed by atoms with Crippen LogP contribution in [-0.2, 0) is 0 Å². The molecular formula is C9H8Br2N2OS. The highest BCUT2D eigenvalue weighted by Crippen LogP contribution is 2.28. The van der Waals surface area contributed by atoms with Crippen LogP contribution in [0.25, 0.3) is 11.0 Å². The minimum Gasteiger partial charge on any atom is -0.396 e. The van der Waals surface area contributed by atoms with Crippen molar-refractivity contribution in [3.63, 3.8) is 0 Å². The lowest BCUT2D eigenvalue weighted by Crippen LogP contribution is -1.86. The lowest BCUT2D eigenvalue weighted by Gasteiger charge is -1.93. The zero-order chi connectivity index (χ0) is 10.8. The quantitative estimate of drug-likeness (QED) is 0.835. The van der Waals surface area contributed by atoms with Crippen LogP contribution in [0.4, 0.5) is 0 Å². The number of hydrogen-bond donors (Lipinski definition) is 2. The van der Waals surface area contributed by atoms with Crippen LogP contribution >= 0.6 is 43.6 Å². The zero-order valence-corrected chi connectivity index (χ0v) is 11.6. The third-order valence-electron chi connectivity index (χ3n) is 1.81. The Balaban J connectivity index is 2.41. The molecule has 2 N–H and O–H groups in total. The number of aliphatic hydroxyl groups excluding tert-OH is 1. The van der Waals surface area contributed by atoms with Gasteiger partial charge in [-0.3, -0.25) is 0 Å². The van der Waals surface area contributed by atoms with E-state index in [0.29, 0.717) is 5.75 Å². The molecule has 0 spiro atoms. The summed E-state index contributed by atoms with van der Waals surface area (Å²) in [6.45, 7) is 0.159. The number of thioether (sulfide) groups is 1. The molecule has 6 heteroatoms. The van der Waals surface area contributed by atoms with E-state index in [4.69, 9.17) is 5.11 Å². The van der Waals surface area contributed by atoms with Gasteiger partial charge in [0.15, 0.2) is 5.16 Å². The molecule has 0 saturated carbocycles. The summed E-state index contributed by atoms with van der Waals surface area (Å²) >= 11 is 8.39. The fourth-order valence-electron chi connectivity index (χ4n) is 1.23. The Morgan fingerprint density at radius 2 is 2.20 bits per heavy atom. The van der Waals surface area contributed by atoms with Crippen molar-refractivity contribution in [2.45, 2.75) is 5.16 Å². The monoisotopic (exact) mass is 350 g/mol. The summed E-state index contributed by atoms with van der Waals surface area (Å²) in [4.78, 5) is 7.61. The molecule has 0 fully saturated rings. The number of aromatic amines is 1. The van der Waals surface area contributed by atoms with Crippen LogP contribution < -0.4 is 0 Å². The highest BCUT2D eigenvalue weighted by Gasteiger charge is 2.07. The molecule has 80 valence electrons. The highest BCUT2D eigenvalue weighted by atomic mass is 79.9. The number of nitrogens with zero attached hydrogens (tertiary/aromatic N) is 1. The van der Waals surface area contributed by atoms with Gasteiger partial charge in [-0.25, -0.2) is 4.98 Å². The SMILES string of the molecule is OCCSc1nc2c(Br)cc(Br)cc2[nH]1. The number of nitrogens with one attached hydrogen (secondary N) is 1. The second kappa shape index (κ2) is 4.86. The third kappa shape index (κ3) is 2.55. The third-order valence-corrected chi connectivity index (χ3v) is 3.73. The molecule has 0 radical (unpaired) electrons. The van der Waals surface area contributed by atoms with E-state index >= 15 is 0 Å². The van der Waals surface area contributed by atoms with Gasteiger partial charge in [0.1, 0.15) is 5.52 Å². The number of halogens is 2. The van der Waals surface area contributed by atoms with E-state index in [1.165, 1.54) is 11.8 Å². The maximum atomic E-state index is 8.72. The van der Waals surface area contributed by atoms with E-state index in [1.54, 1.807) is 0 Å². The predicted molar refractivity (Wildman–Crippen MR) is 69.3 cm³/mol. The van der Waals surface area contributed by atoms with E-state index < -0.39 is 0 Å². The average Bonchev–Trinajstić information content (AvgIpc) is 2.57. The molecule has 0 unspecified atom stereocenters. The number of hydrogen-bond acceptors (Lipinski definition) is 3. The van der Waals surface area contributed by atoms with Crippen LogP contribution in [0.3, 0.4) is 0 Å². The molecule has 1 aromatic carbocycles. The molecule has 1 aromatic heterocycles. The minimum absolute atomic E-state index is 0.159. The Morgan fingerprint density at radius 1 is 1.40 bits per heavy atom. The maximum absolute atomic E-state index is 8.72. The van der Waals surface area contributed by atoms with Crippen LogP contribution in [0.1, 0.15) is 0 Å². The van der Waals surface area contributed by atoms with Crippen LogP contribution in [0.2, 0.25) is 0 Å². The maximum Gasteiger partial charge on any atom is 0.166 e. The van der Waals surface area contributed by atoms with Gasteiger partial charge in [-0.05, 0) is 28.1 Å². The molecule has 0 amide bonds. The Hall–Kier alpha value is -0.0400. The van der Waals surface area contributed by atoms with Crippen molar-refractivity contribution in [2.75, 3.05) is 12.4 Å². The smallest absolute Gasteiger partial charge is 0.166 e. The molecule has 0 aliphatic carbocycles.